The van der Waals surface area contributed by atoms with Crippen LogP contribution in [0.1, 0.15) is 0 Å². The highest BCUT2D eigenvalue weighted by molar-refractivity contribution is 6.01. The van der Waals surface area contributed by atoms with Crippen molar-refractivity contribution in [1.29, 1.82) is 0 Å². The number of rotatable bonds is 3. The van der Waals surface area contributed by atoms with Crippen molar-refractivity contribution in [2.45, 2.75) is 0 Å². The van der Waals surface area contributed by atoms with E-state index < -0.39 is 17.6 Å². The Bertz CT molecular complexity index is 391. The van der Waals surface area contributed by atoms with Gasteiger partial charge in [-0.15, -0.1) is 0 Å². The Hall–Kier alpha value is -1.91. The van der Waals surface area contributed by atoms with Crippen LogP contribution in [0.25, 0.3) is 0 Å². The lowest BCUT2D eigenvalue weighted by Gasteiger charge is -2.02. The third-order valence-electron chi connectivity index (χ3n) is 1.52. The van der Waals surface area contributed by atoms with E-state index in [1.165, 1.54) is 25.3 Å². The van der Waals surface area contributed by atoms with Gasteiger partial charge in [0.2, 0.25) is 5.83 Å². The molecule has 0 aromatic heterocycles. The van der Waals surface area contributed by atoms with Gasteiger partial charge in [-0.05, 0) is 18.2 Å². The molecule has 1 aromatic carbocycles. The zero-order valence-corrected chi connectivity index (χ0v) is 7.96. The molecule has 3 nitrogen and oxygen atoms in total. The first-order valence-corrected chi connectivity index (χ1v) is 4.09. The Morgan fingerprint density at radius 3 is 2.87 bits per heavy atom. The first-order chi connectivity index (χ1) is 7.13. The smallest absolute Gasteiger partial charge is 0.287 e. The summed E-state index contributed by atoms with van der Waals surface area (Å²) in [5.74, 6) is -2.58. The van der Waals surface area contributed by atoms with Crippen LogP contribution in [0, 0.1) is 5.82 Å². The van der Waals surface area contributed by atoms with Gasteiger partial charge in [0.1, 0.15) is 12.1 Å². The van der Waals surface area contributed by atoms with Crippen molar-refractivity contribution >= 4 is 11.6 Å². The fraction of sp³-hybridized carbons (Fsp3) is 0.100. The summed E-state index contributed by atoms with van der Waals surface area (Å²) in [6.07, 6.45) is 0.661. The number of halogens is 2. The molecule has 0 atom stereocenters. The van der Waals surface area contributed by atoms with Crippen molar-refractivity contribution in [3.8, 4) is 0 Å². The summed E-state index contributed by atoms with van der Waals surface area (Å²) in [6, 6.07) is 5.15. The molecule has 0 saturated carbocycles. The van der Waals surface area contributed by atoms with Crippen LogP contribution in [-0.2, 0) is 9.53 Å². The van der Waals surface area contributed by atoms with E-state index >= 15 is 0 Å². The van der Waals surface area contributed by atoms with Crippen molar-refractivity contribution < 1.29 is 18.3 Å². The maximum atomic E-state index is 12.8. The van der Waals surface area contributed by atoms with Crippen LogP contribution >= 0.6 is 0 Å². The topological polar surface area (TPSA) is 38.3 Å². The molecular weight excluding hydrogens is 204 g/mol. The van der Waals surface area contributed by atoms with Crippen molar-refractivity contribution in [3.63, 3.8) is 0 Å². The number of carbonyl (C=O) groups is 1. The number of ether oxygens (including phenoxy) is 1. The summed E-state index contributed by atoms with van der Waals surface area (Å²) in [4.78, 5) is 11.1. The number of amides is 1. The fourth-order valence-electron chi connectivity index (χ4n) is 0.914. The molecule has 15 heavy (non-hydrogen) atoms. The molecule has 80 valence electrons. The standard InChI is InChI=1S/C10H9F2NO2/c1-15-6-9(12)10(14)13-8-4-2-3-7(11)5-8/h2-6H,1H3,(H,13,14). The number of methoxy groups -OCH3 is 1. The maximum absolute atomic E-state index is 12.8. The predicted molar refractivity (Wildman–Crippen MR) is 51.2 cm³/mol. The second-order valence-electron chi connectivity index (χ2n) is 2.67. The van der Waals surface area contributed by atoms with Gasteiger partial charge in [0.05, 0.1) is 7.11 Å². The lowest BCUT2D eigenvalue weighted by atomic mass is 10.3. The Morgan fingerprint density at radius 1 is 1.53 bits per heavy atom. The highest BCUT2D eigenvalue weighted by Gasteiger charge is 2.09. The van der Waals surface area contributed by atoms with Crippen molar-refractivity contribution in [3.05, 3.63) is 42.2 Å². The Balaban J connectivity index is 2.70. The number of nitrogens with one attached hydrogen (secondary N) is 1. The van der Waals surface area contributed by atoms with E-state index in [0.29, 0.717) is 6.26 Å². The van der Waals surface area contributed by atoms with Crippen LogP contribution in [0.5, 0.6) is 0 Å². The van der Waals surface area contributed by atoms with E-state index in [1.54, 1.807) is 0 Å². The maximum Gasteiger partial charge on any atom is 0.287 e. The van der Waals surface area contributed by atoms with E-state index in [0.717, 1.165) is 6.07 Å². The van der Waals surface area contributed by atoms with Gasteiger partial charge in [0, 0.05) is 5.69 Å². The van der Waals surface area contributed by atoms with Crippen LogP contribution in [0.3, 0.4) is 0 Å². The minimum Gasteiger partial charge on any atom is -0.501 e. The third kappa shape index (κ3) is 3.38. The van der Waals surface area contributed by atoms with Crippen LogP contribution in [-0.4, -0.2) is 13.0 Å². The first kappa shape index (κ1) is 11.2. The molecule has 0 fully saturated rings. The molecule has 0 unspecified atom stereocenters. The van der Waals surface area contributed by atoms with Crippen molar-refractivity contribution in [1.82, 2.24) is 0 Å². The average molecular weight is 213 g/mol. The second kappa shape index (κ2) is 5.09. The number of hydrogen-bond acceptors (Lipinski definition) is 2. The molecule has 1 amide bonds. The number of carbonyl (C=O) groups excluding carboxylic acids is 1. The van der Waals surface area contributed by atoms with E-state index in [2.05, 4.69) is 10.1 Å². The van der Waals surface area contributed by atoms with Gasteiger partial charge >= 0.3 is 0 Å². The molecule has 0 aliphatic heterocycles. The molecule has 0 radical (unpaired) electrons. The van der Waals surface area contributed by atoms with E-state index in [9.17, 15) is 13.6 Å². The molecule has 0 spiro atoms. The molecule has 0 aliphatic carbocycles. The summed E-state index contributed by atoms with van der Waals surface area (Å²) >= 11 is 0. The van der Waals surface area contributed by atoms with Gasteiger partial charge in [0.25, 0.3) is 5.91 Å². The van der Waals surface area contributed by atoms with Gasteiger partial charge in [-0.2, -0.15) is 4.39 Å². The lowest BCUT2D eigenvalue weighted by molar-refractivity contribution is -0.114. The van der Waals surface area contributed by atoms with Gasteiger partial charge in [-0.3, -0.25) is 4.79 Å². The quantitative estimate of drug-likeness (QED) is 0.617. The highest BCUT2D eigenvalue weighted by Crippen LogP contribution is 2.10. The van der Waals surface area contributed by atoms with E-state index in [1.807, 2.05) is 0 Å². The zero-order chi connectivity index (χ0) is 11.3. The monoisotopic (exact) mass is 213 g/mol. The third-order valence-corrected chi connectivity index (χ3v) is 1.52. The van der Waals surface area contributed by atoms with Crippen LogP contribution < -0.4 is 5.32 Å². The summed E-state index contributed by atoms with van der Waals surface area (Å²) in [7, 11) is 1.22. The number of anilines is 1. The van der Waals surface area contributed by atoms with Gasteiger partial charge in [-0.25, -0.2) is 4.39 Å². The fourth-order valence-corrected chi connectivity index (χ4v) is 0.914. The van der Waals surface area contributed by atoms with Gasteiger partial charge < -0.3 is 10.1 Å². The average Bonchev–Trinajstić information content (AvgIpc) is 2.18. The van der Waals surface area contributed by atoms with Gasteiger partial charge in [-0.1, -0.05) is 6.07 Å². The van der Waals surface area contributed by atoms with Crippen molar-refractivity contribution in [2.24, 2.45) is 0 Å². The number of benzene rings is 1. The molecule has 0 heterocycles. The Kier molecular flexibility index (Phi) is 3.79. The molecule has 1 N–H and O–H groups in total. The summed E-state index contributed by atoms with van der Waals surface area (Å²) in [5, 5.41) is 2.17. The first-order valence-electron chi connectivity index (χ1n) is 4.09. The normalized spacial score (nSPS) is 11.0. The highest BCUT2D eigenvalue weighted by atomic mass is 19.1. The van der Waals surface area contributed by atoms with Crippen LogP contribution in [0.2, 0.25) is 0 Å². The molecule has 1 rings (SSSR count). The summed E-state index contributed by atoms with van der Waals surface area (Å²) < 4.78 is 29.8. The minimum atomic E-state index is -1.08. The Labute approximate surface area is 85.4 Å². The zero-order valence-electron chi connectivity index (χ0n) is 7.96. The molecule has 1 aromatic rings. The molecular formula is C10H9F2NO2. The largest absolute Gasteiger partial charge is 0.501 e. The number of hydrogen-bond donors (Lipinski definition) is 1. The van der Waals surface area contributed by atoms with Crippen LogP contribution in [0.15, 0.2) is 36.4 Å². The second-order valence-corrected chi connectivity index (χ2v) is 2.67. The molecule has 0 saturated heterocycles. The van der Waals surface area contributed by atoms with Crippen LogP contribution in [0.4, 0.5) is 14.5 Å². The molecule has 0 aliphatic rings. The SMILES string of the molecule is COC=C(F)C(=O)Nc1cccc(F)c1. The molecule has 5 heteroatoms. The predicted octanol–water partition coefficient (Wildman–Crippen LogP) is 2.22. The summed E-state index contributed by atoms with van der Waals surface area (Å²) in [6.45, 7) is 0. The van der Waals surface area contributed by atoms with Crippen molar-refractivity contribution in [2.75, 3.05) is 12.4 Å². The Morgan fingerprint density at radius 2 is 2.27 bits per heavy atom. The summed E-state index contributed by atoms with van der Waals surface area (Å²) in [5.41, 5.74) is 0.180. The molecule has 0 bridgehead atoms. The minimum absolute atomic E-state index is 0.180. The van der Waals surface area contributed by atoms with Gasteiger partial charge in [0.15, 0.2) is 0 Å². The van der Waals surface area contributed by atoms with E-state index in [4.69, 9.17) is 0 Å². The van der Waals surface area contributed by atoms with E-state index in [-0.39, 0.29) is 5.69 Å². The lowest BCUT2D eigenvalue weighted by Crippen LogP contribution is -2.12.